The van der Waals surface area contributed by atoms with E-state index in [0.29, 0.717) is 22.9 Å². The van der Waals surface area contributed by atoms with Crippen molar-refractivity contribution in [2.45, 2.75) is 43.7 Å². The molecule has 4 rings (SSSR count). The molecule has 132 valence electrons. The Hall–Kier alpha value is -2.32. The molecule has 2 heterocycles. The first-order valence-corrected chi connectivity index (χ1v) is 10.1. The number of aryl methyl sites for hydroxylation is 2. The molecule has 0 atom stereocenters. The van der Waals surface area contributed by atoms with Crippen molar-refractivity contribution in [2.24, 2.45) is 0 Å². The van der Waals surface area contributed by atoms with E-state index in [4.69, 9.17) is 4.98 Å². The van der Waals surface area contributed by atoms with E-state index in [-0.39, 0.29) is 5.91 Å². The molecule has 1 aromatic carbocycles. The van der Waals surface area contributed by atoms with Gasteiger partial charge in [-0.15, -0.1) is 0 Å². The Morgan fingerprint density at radius 1 is 1.15 bits per heavy atom. The van der Waals surface area contributed by atoms with Crippen molar-refractivity contribution < 1.29 is 4.79 Å². The number of hydrogen-bond donors (Lipinski definition) is 0. The number of rotatable bonds is 3. The van der Waals surface area contributed by atoms with Crippen LogP contribution in [-0.2, 0) is 30.6 Å². The second-order valence-corrected chi connectivity index (χ2v) is 7.85. The molecule has 5 heteroatoms. The normalized spacial score (nSPS) is 15.7. The van der Waals surface area contributed by atoms with Gasteiger partial charge in [0, 0.05) is 18.8 Å². The number of carbonyl (C=O) groups is 1. The second kappa shape index (κ2) is 7.51. The third kappa shape index (κ3) is 3.47. The van der Waals surface area contributed by atoms with Crippen molar-refractivity contribution in [1.29, 1.82) is 5.26 Å². The van der Waals surface area contributed by atoms with Gasteiger partial charge in [0.2, 0.25) is 5.91 Å². The molecule has 0 unspecified atom stereocenters. The molecule has 1 aromatic heterocycles. The van der Waals surface area contributed by atoms with Crippen LogP contribution in [0, 0.1) is 11.3 Å². The highest BCUT2D eigenvalue weighted by atomic mass is 32.2. The summed E-state index contributed by atoms with van der Waals surface area (Å²) in [6, 6.07) is 12.5. The van der Waals surface area contributed by atoms with Gasteiger partial charge in [-0.1, -0.05) is 36.0 Å². The highest BCUT2D eigenvalue weighted by Gasteiger charge is 2.22. The maximum atomic E-state index is 12.7. The van der Waals surface area contributed by atoms with Crippen molar-refractivity contribution in [1.82, 2.24) is 9.88 Å². The van der Waals surface area contributed by atoms with Gasteiger partial charge >= 0.3 is 0 Å². The molecule has 1 aliphatic carbocycles. The van der Waals surface area contributed by atoms with Crippen LogP contribution in [0.25, 0.3) is 0 Å². The number of benzene rings is 1. The summed E-state index contributed by atoms with van der Waals surface area (Å²) < 4.78 is 0. The Kier molecular flexibility index (Phi) is 4.94. The lowest BCUT2D eigenvalue weighted by Crippen LogP contribution is -2.37. The summed E-state index contributed by atoms with van der Waals surface area (Å²) in [5, 5.41) is 10.2. The third-order valence-corrected chi connectivity index (χ3v) is 6.18. The minimum atomic E-state index is 0.118. The Morgan fingerprint density at radius 3 is 2.81 bits per heavy atom. The van der Waals surface area contributed by atoms with E-state index in [1.165, 1.54) is 34.9 Å². The highest BCUT2D eigenvalue weighted by Crippen LogP contribution is 2.28. The van der Waals surface area contributed by atoms with Crippen LogP contribution in [0.1, 0.15) is 40.8 Å². The van der Waals surface area contributed by atoms with Gasteiger partial charge in [-0.2, -0.15) is 5.26 Å². The third-order valence-electron chi connectivity index (χ3n) is 5.20. The van der Waals surface area contributed by atoms with Gasteiger partial charge < -0.3 is 4.90 Å². The maximum Gasteiger partial charge on any atom is 0.233 e. The number of hydrogen-bond acceptors (Lipinski definition) is 4. The Labute approximate surface area is 158 Å². The Balaban J connectivity index is 1.44. The number of carbonyl (C=O) groups excluding carboxylic acids is 1. The van der Waals surface area contributed by atoms with Crippen LogP contribution < -0.4 is 0 Å². The average Bonchev–Trinajstić information content (AvgIpc) is 2.70. The predicted octanol–water partition coefficient (Wildman–Crippen LogP) is 3.51. The van der Waals surface area contributed by atoms with Gasteiger partial charge in [0.05, 0.1) is 11.3 Å². The van der Waals surface area contributed by atoms with Crippen LogP contribution in [0.15, 0.2) is 35.4 Å². The molecule has 1 amide bonds. The van der Waals surface area contributed by atoms with Crippen LogP contribution in [0.3, 0.4) is 0 Å². The minimum absolute atomic E-state index is 0.118. The number of fused-ring (bicyclic) bond motifs is 2. The predicted molar refractivity (Wildman–Crippen MR) is 102 cm³/mol. The lowest BCUT2D eigenvalue weighted by Gasteiger charge is -2.28. The fraction of sp³-hybridized carbons (Fsp3) is 0.381. The first kappa shape index (κ1) is 17.1. The Bertz CT molecular complexity index is 887. The number of pyridine rings is 1. The van der Waals surface area contributed by atoms with Gasteiger partial charge in [0.15, 0.2) is 0 Å². The molecule has 4 nitrogen and oxygen atoms in total. The number of thioether (sulfide) groups is 1. The Morgan fingerprint density at radius 2 is 1.96 bits per heavy atom. The fourth-order valence-corrected chi connectivity index (χ4v) is 4.61. The van der Waals surface area contributed by atoms with Gasteiger partial charge in [-0.25, -0.2) is 4.98 Å². The van der Waals surface area contributed by atoms with Crippen LogP contribution in [0.5, 0.6) is 0 Å². The number of nitrogens with zero attached hydrogens (tertiary/aromatic N) is 3. The summed E-state index contributed by atoms with van der Waals surface area (Å²) in [5.41, 5.74) is 5.50. The summed E-state index contributed by atoms with van der Waals surface area (Å²) in [7, 11) is 0. The molecular formula is C21H21N3OS. The van der Waals surface area contributed by atoms with Crippen molar-refractivity contribution in [3.8, 4) is 6.07 Å². The monoisotopic (exact) mass is 363 g/mol. The van der Waals surface area contributed by atoms with E-state index in [1.54, 1.807) is 0 Å². The summed E-state index contributed by atoms with van der Waals surface area (Å²) in [6.07, 6.45) is 5.22. The lowest BCUT2D eigenvalue weighted by atomic mass is 9.95. The van der Waals surface area contributed by atoms with Crippen molar-refractivity contribution in [2.75, 3.05) is 12.3 Å². The zero-order chi connectivity index (χ0) is 17.9. The zero-order valence-electron chi connectivity index (χ0n) is 14.7. The zero-order valence-corrected chi connectivity index (χ0v) is 15.5. The quantitative estimate of drug-likeness (QED) is 0.783. The minimum Gasteiger partial charge on any atom is -0.337 e. The maximum absolute atomic E-state index is 12.7. The summed E-state index contributed by atoms with van der Waals surface area (Å²) >= 11 is 1.40. The van der Waals surface area contributed by atoms with Crippen molar-refractivity contribution in [3.63, 3.8) is 0 Å². The molecule has 26 heavy (non-hydrogen) atoms. The summed E-state index contributed by atoms with van der Waals surface area (Å²) in [4.78, 5) is 19.3. The molecule has 0 radical (unpaired) electrons. The molecular weight excluding hydrogens is 342 g/mol. The van der Waals surface area contributed by atoms with E-state index < -0.39 is 0 Å². The molecule has 2 aromatic rings. The van der Waals surface area contributed by atoms with Crippen molar-refractivity contribution in [3.05, 3.63) is 58.3 Å². The second-order valence-electron chi connectivity index (χ2n) is 6.89. The van der Waals surface area contributed by atoms with Crippen LogP contribution in [0.2, 0.25) is 0 Å². The first-order chi connectivity index (χ1) is 12.7. The number of aromatic nitrogens is 1. The standard InChI is InChI=1S/C21H21N3OS/c22-12-18-11-16-6-3-4-8-19(16)23-21(18)26-14-20(25)24-10-9-15-5-1-2-7-17(15)13-24/h1-2,5,7,11H,3-4,6,8-10,13-14H2. The molecule has 0 saturated heterocycles. The molecule has 2 aliphatic rings. The summed E-state index contributed by atoms with van der Waals surface area (Å²) in [5.74, 6) is 0.454. The largest absolute Gasteiger partial charge is 0.337 e. The van der Waals surface area contributed by atoms with Crippen LogP contribution in [0.4, 0.5) is 0 Å². The molecule has 0 N–H and O–H groups in total. The fourth-order valence-electron chi connectivity index (χ4n) is 3.73. The average molecular weight is 363 g/mol. The molecule has 0 fully saturated rings. The van der Waals surface area contributed by atoms with E-state index in [0.717, 1.165) is 37.9 Å². The van der Waals surface area contributed by atoms with E-state index in [2.05, 4.69) is 24.3 Å². The van der Waals surface area contributed by atoms with Crippen molar-refractivity contribution >= 4 is 17.7 Å². The van der Waals surface area contributed by atoms with Gasteiger partial charge in [-0.05, 0) is 54.9 Å². The summed E-state index contributed by atoms with van der Waals surface area (Å²) in [6.45, 7) is 1.44. The SMILES string of the molecule is N#Cc1cc2c(nc1SCC(=O)N1CCc3ccccc3C1)CCCC2. The van der Waals surface area contributed by atoms with Gasteiger partial charge in [0.1, 0.15) is 11.1 Å². The topological polar surface area (TPSA) is 57.0 Å². The van der Waals surface area contributed by atoms with E-state index >= 15 is 0 Å². The molecule has 1 aliphatic heterocycles. The highest BCUT2D eigenvalue weighted by molar-refractivity contribution is 7.99. The van der Waals surface area contributed by atoms with E-state index in [9.17, 15) is 10.1 Å². The smallest absolute Gasteiger partial charge is 0.233 e. The van der Waals surface area contributed by atoms with Crippen LogP contribution in [-0.4, -0.2) is 28.1 Å². The number of nitriles is 1. The van der Waals surface area contributed by atoms with Crippen LogP contribution >= 0.6 is 11.8 Å². The molecule has 0 saturated carbocycles. The number of amides is 1. The van der Waals surface area contributed by atoms with Gasteiger partial charge in [-0.3, -0.25) is 4.79 Å². The molecule has 0 spiro atoms. The molecule has 0 bridgehead atoms. The first-order valence-electron chi connectivity index (χ1n) is 9.15. The van der Waals surface area contributed by atoms with E-state index in [1.807, 2.05) is 17.0 Å². The lowest BCUT2D eigenvalue weighted by molar-refractivity contribution is -0.129. The van der Waals surface area contributed by atoms with Gasteiger partial charge in [0.25, 0.3) is 0 Å².